The van der Waals surface area contributed by atoms with Crippen molar-refractivity contribution in [2.75, 3.05) is 0 Å². The average molecular weight is 381 g/mol. The summed E-state index contributed by atoms with van der Waals surface area (Å²) >= 11 is 0. The van der Waals surface area contributed by atoms with Gasteiger partial charge in [0, 0.05) is 23.3 Å². The molecule has 4 heteroatoms. The molecule has 0 bridgehead atoms. The monoisotopic (exact) mass is 381 g/mol. The number of hydrogen-bond donors (Lipinski definition) is 0. The highest BCUT2D eigenvalue weighted by atomic mass is 19.1. The molecule has 0 aliphatic carbocycles. The van der Waals surface area contributed by atoms with Crippen LogP contribution >= 0.6 is 0 Å². The molecule has 0 N–H and O–H groups in total. The molecule has 0 unspecified atom stereocenters. The van der Waals surface area contributed by atoms with Gasteiger partial charge in [0.15, 0.2) is 24.5 Å². The van der Waals surface area contributed by atoms with Crippen LogP contribution in [0.3, 0.4) is 0 Å². The predicted molar refractivity (Wildman–Crippen MR) is 111 cm³/mol. The van der Waals surface area contributed by atoms with Crippen molar-refractivity contribution in [2.24, 2.45) is 0 Å². The Kier molecular flexibility index (Phi) is 4.37. The smallest absolute Gasteiger partial charge is 0.227 e. The van der Waals surface area contributed by atoms with Crippen LogP contribution in [0.5, 0.6) is 0 Å². The predicted octanol–water partition coefficient (Wildman–Crippen LogP) is 5.64. The third kappa shape index (κ3) is 3.65. The molecule has 140 valence electrons. The first-order valence-corrected chi connectivity index (χ1v) is 9.44. The molecule has 2 heterocycles. The number of benzene rings is 3. The summed E-state index contributed by atoms with van der Waals surface area (Å²) in [5.41, 5.74) is 5.67. The van der Waals surface area contributed by atoms with Crippen molar-refractivity contribution in [3.05, 3.63) is 109 Å². The van der Waals surface area contributed by atoms with Gasteiger partial charge < -0.3 is 4.42 Å². The molecule has 0 aliphatic rings. The van der Waals surface area contributed by atoms with Crippen LogP contribution in [0.15, 0.2) is 102 Å². The maximum Gasteiger partial charge on any atom is 0.227 e. The molecular formula is C25H18FN2O+. The van der Waals surface area contributed by atoms with Crippen molar-refractivity contribution in [1.82, 2.24) is 4.98 Å². The van der Waals surface area contributed by atoms with Gasteiger partial charge in [-0.3, -0.25) is 0 Å². The molecule has 2 aromatic heterocycles. The fourth-order valence-corrected chi connectivity index (χ4v) is 3.41. The van der Waals surface area contributed by atoms with Gasteiger partial charge in [0.25, 0.3) is 0 Å². The van der Waals surface area contributed by atoms with Crippen molar-refractivity contribution in [2.45, 2.75) is 6.54 Å². The molecule has 3 aromatic carbocycles. The zero-order chi connectivity index (χ0) is 19.6. The molecule has 0 saturated heterocycles. The van der Waals surface area contributed by atoms with Crippen molar-refractivity contribution in [3.63, 3.8) is 0 Å². The molecule has 0 aliphatic heterocycles. The van der Waals surface area contributed by atoms with Gasteiger partial charge in [0.05, 0.1) is 0 Å². The van der Waals surface area contributed by atoms with E-state index in [4.69, 9.17) is 4.42 Å². The van der Waals surface area contributed by atoms with Gasteiger partial charge in [-0.15, -0.1) is 0 Å². The summed E-state index contributed by atoms with van der Waals surface area (Å²) in [4.78, 5) is 4.67. The fraction of sp³-hybridized carbons (Fsp3) is 0.0400. The van der Waals surface area contributed by atoms with E-state index in [9.17, 15) is 4.39 Å². The minimum Gasteiger partial charge on any atom is -0.436 e. The number of nitrogens with zero attached hydrogens (tertiary/aromatic N) is 2. The molecule has 0 atom stereocenters. The van der Waals surface area contributed by atoms with Crippen LogP contribution in [0.2, 0.25) is 0 Å². The lowest BCUT2D eigenvalue weighted by atomic mass is 10.1. The van der Waals surface area contributed by atoms with Crippen molar-refractivity contribution >= 4 is 11.1 Å². The maximum atomic E-state index is 13.4. The Morgan fingerprint density at radius 3 is 2.38 bits per heavy atom. The van der Waals surface area contributed by atoms with E-state index in [-0.39, 0.29) is 5.82 Å². The summed E-state index contributed by atoms with van der Waals surface area (Å²) in [5, 5.41) is 0. The lowest BCUT2D eigenvalue weighted by Crippen LogP contribution is -2.33. The van der Waals surface area contributed by atoms with Gasteiger partial charge in [-0.2, -0.15) is 0 Å². The average Bonchev–Trinajstić information content (AvgIpc) is 3.18. The minimum absolute atomic E-state index is 0.221. The van der Waals surface area contributed by atoms with E-state index in [0.717, 1.165) is 33.4 Å². The lowest BCUT2D eigenvalue weighted by Gasteiger charge is -1.99. The van der Waals surface area contributed by atoms with Gasteiger partial charge in [0.2, 0.25) is 5.89 Å². The summed E-state index contributed by atoms with van der Waals surface area (Å²) in [7, 11) is 0. The first kappa shape index (κ1) is 17.3. The largest absolute Gasteiger partial charge is 0.436 e. The van der Waals surface area contributed by atoms with Crippen LogP contribution in [-0.2, 0) is 6.54 Å². The molecule has 0 amide bonds. The lowest BCUT2D eigenvalue weighted by molar-refractivity contribution is -0.688. The van der Waals surface area contributed by atoms with Gasteiger partial charge >= 0.3 is 0 Å². The Morgan fingerprint density at radius 1 is 0.759 bits per heavy atom. The molecule has 0 saturated carbocycles. The van der Waals surface area contributed by atoms with E-state index in [1.165, 1.54) is 6.07 Å². The highest BCUT2D eigenvalue weighted by Gasteiger charge is 2.12. The van der Waals surface area contributed by atoms with E-state index in [1.807, 2.05) is 71.6 Å². The maximum absolute atomic E-state index is 13.4. The van der Waals surface area contributed by atoms with Gasteiger partial charge in [-0.25, -0.2) is 13.9 Å². The minimum atomic E-state index is -0.221. The summed E-state index contributed by atoms with van der Waals surface area (Å²) in [6, 6.07) is 26.8. The first-order valence-electron chi connectivity index (χ1n) is 9.44. The number of rotatable bonds is 4. The number of fused-ring (bicyclic) bond motifs is 1. The fourth-order valence-electron chi connectivity index (χ4n) is 3.41. The zero-order valence-electron chi connectivity index (χ0n) is 15.6. The SMILES string of the molecule is Fc1cccc(C[n+]2ccc(-c3nc4cc(-c5ccccc5)ccc4o3)cc2)c1. The van der Waals surface area contributed by atoms with Crippen molar-refractivity contribution in [3.8, 4) is 22.6 Å². The Balaban J connectivity index is 1.41. The number of hydrogen-bond acceptors (Lipinski definition) is 2. The third-order valence-electron chi connectivity index (χ3n) is 4.89. The normalized spacial score (nSPS) is 11.1. The summed E-state index contributed by atoms with van der Waals surface area (Å²) in [5.74, 6) is 0.365. The van der Waals surface area contributed by atoms with Crippen LogP contribution in [0.25, 0.3) is 33.7 Å². The van der Waals surface area contributed by atoms with Gasteiger partial charge in [0.1, 0.15) is 11.3 Å². The highest BCUT2D eigenvalue weighted by molar-refractivity contribution is 5.82. The molecule has 0 fully saturated rings. The standard InChI is InChI=1S/C25H18FN2O/c26-22-8-4-5-18(15-22)17-28-13-11-20(12-14-28)25-27-23-16-21(9-10-24(23)29-25)19-6-2-1-3-7-19/h1-16H,17H2/q+1. The van der Waals surface area contributed by atoms with Crippen LogP contribution < -0.4 is 4.57 Å². The Labute approximate surface area is 167 Å². The molecule has 29 heavy (non-hydrogen) atoms. The molecule has 5 aromatic rings. The third-order valence-corrected chi connectivity index (χ3v) is 4.89. The quantitative estimate of drug-likeness (QED) is 0.377. The second kappa shape index (κ2) is 7.32. The first-order chi connectivity index (χ1) is 14.2. The number of pyridine rings is 1. The summed E-state index contributed by atoms with van der Waals surface area (Å²) < 4.78 is 21.3. The summed E-state index contributed by atoms with van der Waals surface area (Å²) in [6.45, 7) is 0.603. The van der Waals surface area contributed by atoms with E-state index >= 15 is 0 Å². The van der Waals surface area contributed by atoms with E-state index in [1.54, 1.807) is 12.1 Å². The molecule has 5 rings (SSSR count). The summed E-state index contributed by atoms with van der Waals surface area (Å²) in [6.07, 6.45) is 3.90. The van der Waals surface area contributed by atoms with E-state index < -0.39 is 0 Å². The number of oxazole rings is 1. The molecule has 0 radical (unpaired) electrons. The van der Waals surface area contributed by atoms with Crippen molar-refractivity contribution in [1.29, 1.82) is 0 Å². The Hall–Kier alpha value is -3.79. The van der Waals surface area contributed by atoms with Crippen LogP contribution in [0, 0.1) is 5.82 Å². The van der Waals surface area contributed by atoms with Crippen molar-refractivity contribution < 1.29 is 13.4 Å². The topological polar surface area (TPSA) is 29.9 Å². The highest BCUT2D eigenvalue weighted by Crippen LogP contribution is 2.28. The molecular weight excluding hydrogens is 363 g/mol. The van der Waals surface area contributed by atoms with E-state index in [0.29, 0.717) is 12.4 Å². The Morgan fingerprint density at radius 2 is 1.59 bits per heavy atom. The zero-order valence-corrected chi connectivity index (χ0v) is 15.6. The molecule has 3 nitrogen and oxygen atoms in total. The second-order valence-corrected chi connectivity index (χ2v) is 6.96. The van der Waals surface area contributed by atoms with Crippen LogP contribution in [0.4, 0.5) is 4.39 Å². The molecule has 0 spiro atoms. The van der Waals surface area contributed by atoms with Crippen LogP contribution in [-0.4, -0.2) is 4.98 Å². The van der Waals surface area contributed by atoms with Gasteiger partial charge in [-0.05, 0) is 35.4 Å². The second-order valence-electron chi connectivity index (χ2n) is 6.96. The van der Waals surface area contributed by atoms with Gasteiger partial charge in [-0.1, -0.05) is 48.5 Å². The number of aromatic nitrogens is 2. The van der Waals surface area contributed by atoms with E-state index in [2.05, 4.69) is 17.1 Å². The number of halogens is 1. The Bertz CT molecular complexity index is 1280. The van der Waals surface area contributed by atoms with Crippen LogP contribution in [0.1, 0.15) is 5.56 Å².